The lowest BCUT2D eigenvalue weighted by molar-refractivity contribution is -0.139. The smallest absolute Gasteiger partial charge is 0.326 e. The average Bonchev–Trinajstić information content (AvgIpc) is 2.86. The van der Waals surface area contributed by atoms with Crippen LogP contribution in [0.4, 0.5) is 0 Å². The van der Waals surface area contributed by atoms with Gasteiger partial charge in [-0.25, -0.2) is 4.79 Å². The first-order valence-corrected chi connectivity index (χ1v) is 12.3. The number of para-hydroxylation sites is 1. The fourth-order valence-corrected chi connectivity index (χ4v) is 3.81. The number of hydrogen-bond donors (Lipinski definition) is 4. The standard InChI is InChI=1S/C26H30ClN3O7/c1-15(2)20-14-37-22-9-7-16(27)13-18(22)24(32)28-11-12-36-21-6-4-3-5-17(21)25(33)30-19(26(34)35)8-10-23(31)29-20/h3-7,9,13,15,19-20H,8,10-12,14H2,1-2H3,(H,28,32)(H,29,31)(H,30,33)(H,34,35)/t19-,20-/m0/s1. The highest BCUT2D eigenvalue weighted by atomic mass is 35.5. The molecular formula is C26H30ClN3O7. The van der Waals surface area contributed by atoms with E-state index in [0.717, 1.165) is 0 Å². The fraction of sp³-hybridized carbons (Fsp3) is 0.385. The van der Waals surface area contributed by atoms with Crippen LogP contribution < -0.4 is 25.4 Å². The van der Waals surface area contributed by atoms with Crippen LogP contribution in [0.5, 0.6) is 11.5 Å². The molecule has 1 heterocycles. The van der Waals surface area contributed by atoms with Crippen molar-refractivity contribution in [2.45, 2.75) is 38.8 Å². The van der Waals surface area contributed by atoms with E-state index in [1.54, 1.807) is 30.3 Å². The Kier molecular flexibility index (Phi) is 9.73. The molecule has 0 unspecified atom stereocenters. The molecule has 0 radical (unpaired) electrons. The Bertz CT molecular complexity index is 1150. The molecule has 0 bridgehead atoms. The molecule has 198 valence electrons. The van der Waals surface area contributed by atoms with Gasteiger partial charge in [0.2, 0.25) is 5.91 Å². The van der Waals surface area contributed by atoms with Gasteiger partial charge < -0.3 is 30.5 Å². The lowest BCUT2D eigenvalue weighted by Crippen LogP contribution is -2.45. The minimum Gasteiger partial charge on any atom is -0.491 e. The van der Waals surface area contributed by atoms with Crippen LogP contribution in [0.2, 0.25) is 5.02 Å². The van der Waals surface area contributed by atoms with Gasteiger partial charge in [0.25, 0.3) is 11.8 Å². The molecule has 2 aromatic rings. The summed E-state index contributed by atoms with van der Waals surface area (Å²) in [6.45, 7) is 4.03. The van der Waals surface area contributed by atoms with Gasteiger partial charge >= 0.3 is 5.97 Å². The number of nitrogens with one attached hydrogen (secondary N) is 3. The molecule has 3 amide bonds. The van der Waals surface area contributed by atoms with Gasteiger partial charge in [0.05, 0.1) is 23.7 Å². The van der Waals surface area contributed by atoms with Crippen molar-refractivity contribution in [2.24, 2.45) is 5.92 Å². The molecule has 11 heteroatoms. The number of aliphatic carboxylic acids is 1. The highest BCUT2D eigenvalue weighted by Crippen LogP contribution is 2.24. The van der Waals surface area contributed by atoms with Crippen molar-refractivity contribution in [3.05, 3.63) is 58.6 Å². The monoisotopic (exact) mass is 531 g/mol. The molecule has 3 rings (SSSR count). The largest absolute Gasteiger partial charge is 0.491 e. The molecule has 0 spiro atoms. The predicted octanol–water partition coefficient (Wildman–Crippen LogP) is 2.65. The first-order chi connectivity index (χ1) is 17.7. The van der Waals surface area contributed by atoms with Crippen LogP contribution in [0.15, 0.2) is 42.5 Å². The average molecular weight is 532 g/mol. The highest BCUT2D eigenvalue weighted by Gasteiger charge is 2.25. The summed E-state index contributed by atoms with van der Waals surface area (Å²) in [4.78, 5) is 50.1. The summed E-state index contributed by atoms with van der Waals surface area (Å²) in [5.74, 6) is -2.23. The Morgan fingerprint density at radius 3 is 2.46 bits per heavy atom. The van der Waals surface area contributed by atoms with Crippen LogP contribution in [-0.4, -0.2) is 60.6 Å². The van der Waals surface area contributed by atoms with Gasteiger partial charge in [0.15, 0.2) is 0 Å². The van der Waals surface area contributed by atoms with Gasteiger partial charge in [0.1, 0.15) is 30.8 Å². The van der Waals surface area contributed by atoms with Crippen LogP contribution in [0.1, 0.15) is 47.4 Å². The Balaban J connectivity index is 1.88. The van der Waals surface area contributed by atoms with Crippen molar-refractivity contribution in [3.63, 3.8) is 0 Å². The summed E-state index contributed by atoms with van der Waals surface area (Å²) >= 11 is 6.11. The number of carbonyl (C=O) groups excluding carboxylic acids is 3. The molecular weight excluding hydrogens is 502 g/mol. The van der Waals surface area contributed by atoms with Crippen LogP contribution in [0.25, 0.3) is 0 Å². The van der Waals surface area contributed by atoms with E-state index in [1.807, 2.05) is 13.8 Å². The van der Waals surface area contributed by atoms with Crippen molar-refractivity contribution in [2.75, 3.05) is 19.8 Å². The summed E-state index contributed by atoms with van der Waals surface area (Å²) in [6.07, 6.45) is -0.241. The van der Waals surface area contributed by atoms with Crippen LogP contribution in [0.3, 0.4) is 0 Å². The van der Waals surface area contributed by atoms with Crippen LogP contribution >= 0.6 is 11.6 Å². The third kappa shape index (κ3) is 7.85. The van der Waals surface area contributed by atoms with E-state index >= 15 is 0 Å². The SMILES string of the molecule is CC(C)[C@@H]1COc2ccc(Cl)cc2C(=O)NCCOc2ccccc2C(=O)N[C@H](C(=O)O)CCC(=O)N1. The molecule has 0 aromatic heterocycles. The van der Waals surface area contributed by atoms with Gasteiger partial charge in [-0.15, -0.1) is 0 Å². The Labute approximate surface area is 219 Å². The third-order valence-corrected chi connectivity index (χ3v) is 6.03. The van der Waals surface area contributed by atoms with Crippen molar-refractivity contribution in [1.29, 1.82) is 0 Å². The van der Waals surface area contributed by atoms with Gasteiger partial charge in [-0.05, 0) is 42.7 Å². The summed E-state index contributed by atoms with van der Waals surface area (Å²) in [6, 6.07) is 9.33. The van der Waals surface area contributed by atoms with Crippen LogP contribution in [-0.2, 0) is 9.59 Å². The zero-order chi connectivity index (χ0) is 26.9. The lowest BCUT2D eigenvalue weighted by Gasteiger charge is -2.24. The van der Waals surface area contributed by atoms with Gasteiger partial charge in [0, 0.05) is 11.4 Å². The molecule has 37 heavy (non-hydrogen) atoms. The summed E-state index contributed by atoms with van der Waals surface area (Å²) < 4.78 is 11.6. The zero-order valence-corrected chi connectivity index (χ0v) is 21.3. The second-order valence-corrected chi connectivity index (χ2v) is 9.31. The molecule has 0 fully saturated rings. The van der Waals surface area contributed by atoms with E-state index in [-0.39, 0.29) is 55.4 Å². The number of carbonyl (C=O) groups is 4. The number of carboxylic acids is 1. The van der Waals surface area contributed by atoms with Crippen molar-refractivity contribution in [3.8, 4) is 11.5 Å². The van der Waals surface area contributed by atoms with E-state index in [1.165, 1.54) is 12.1 Å². The van der Waals surface area contributed by atoms with Crippen molar-refractivity contribution < 1.29 is 33.8 Å². The number of rotatable bonds is 2. The van der Waals surface area contributed by atoms with E-state index in [4.69, 9.17) is 21.1 Å². The van der Waals surface area contributed by atoms with Crippen molar-refractivity contribution >= 4 is 35.3 Å². The maximum atomic E-state index is 12.9. The van der Waals surface area contributed by atoms with Gasteiger partial charge in [-0.1, -0.05) is 37.6 Å². The number of benzene rings is 2. The predicted molar refractivity (Wildman–Crippen MR) is 136 cm³/mol. The molecule has 2 aromatic carbocycles. The van der Waals surface area contributed by atoms with Crippen LogP contribution in [0, 0.1) is 5.92 Å². The lowest BCUT2D eigenvalue weighted by atomic mass is 10.0. The number of carboxylic acid groups (broad SMARTS) is 1. The minimum absolute atomic E-state index is 0.0220. The molecule has 2 atom stereocenters. The van der Waals surface area contributed by atoms with E-state index in [0.29, 0.717) is 10.8 Å². The second kappa shape index (κ2) is 13.0. The molecule has 1 aliphatic heterocycles. The number of fused-ring (bicyclic) bond motifs is 2. The zero-order valence-electron chi connectivity index (χ0n) is 20.6. The number of halogens is 1. The quantitative estimate of drug-likeness (QED) is 0.466. The highest BCUT2D eigenvalue weighted by molar-refractivity contribution is 6.31. The second-order valence-electron chi connectivity index (χ2n) is 8.87. The summed E-state index contributed by atoms with van der Waals surface area (Å²) in [5.41, 5.74) is 0.358. The third-order valence-electron chi connectivity index (χ3n) is 5.80. The van der Waals surface area contributed by atoms with E-state index in [2.05, 4.69) is 16.0 Å². The van der Waals surface area contributed by atoms with Gasteiger partial charge in [-0.2, -0.15) is 0 Å². The number of ether oxygens (including phenoxy) is 2. The fourth-order valence-electron chi connectivity index (χ4n) is 3.63. The first kappa shape index (κ1) is 27.8. The Morgan fingerprint density at radius 1 is 1.00 bits per heavy atom. The number of hydrogen-bond acceptors (Lipinski definition) is 6. The molecule has 4 N–H and O–H groups in total. The first-order valence-electron chi connectivity index (χ1n) is 11.9. The Hall–Kier alpha value is -3.79. The van der Waals surface area contributed by atoms with Gasteiger partial charge in [-0.3, -0.25) is 14.4 Å². The summed E-state index contributed by atoms with van der Waals surface area (Å²) in [7, 11) is 0. The topological polar surface area (TPSA) is 143 Å². The minimum atomic E-state index is -1.28. The molecule has 0 saturated carbocycles. The summed E-state index contributed by atoms with van der Waals surface area (Å²) in [5, 5.41) is 18.0. The molecule has 1 aliphatic rings. The molecule has 0 saturated heterocycles. The normalized spacial score (nSPS) is 19.8. The number of amides is 3. The molecule has 10 nitrogen and oxygen atoms in total. The maximum Gasteiger partial charge on any atom is 0.326 e. The molecule has 0 aliphatic carbocycles. The maximum absolute atomic E-state index is 12.9. The van der Waals surface area contributed by atoms with E-state index in [9.17, 15) is 24.3 Å². The van der Waals surface area contributed by atoms with E-state index < -0.39 is 35.8 Å². The Morgan fingerprint density at radius 2 is 1.73 bits per heavy atom. The van der Waals surface area contributed by atoms with Crippen molar-refractivity contribution in [1.82, 2.24) is 16.0 Å².